The van der Waals surface area contributed by atoms with Crippen LogP contribution in [-0.2, 0) is 23.6 Å². The molecule has 9 nitrogen and oxygen atoms in total. The third kappa shape index (κ3) is 4.82. The van der Waals surface area contributed by atoms with E-state index in [2.05, 4.69) is 10.2 Å². The first kappa shape index (κ1) is 20.6. The Morgan fingerprint density at radius 3 is 2.68 bits per heavy atom. The monoisotopic (exact) mass is 393 g/mol. The van der Waals surface area contributed by atoms with Crippen LogP contribution in [0.5, 0.6) is 0 Å². The van der Waals surface area contributed by atoms with E-state index in [1.54, 1.807) is 7.05 Å². The number of hydrogen-bond acceptors (Lipinski definition) is 6. The minimum Gasteiger partial charge on any atom is -0.379 e. The predicted molar refractivity (Wildman–Crippen MR) is 107 cm³/mol. The molecule has 0 bridgehead atoms. The number of aromatic nitrogens is 2. The molecule has 0 spiro atoms. The molecule has 9 heteroatoms. The molecule has 2 aliphatic heterocycles. The molecular formula is C19H31N5O4. The molecule has 28 heavy (non-hydrogen) atoms. The van der Waals surface area contributed by atoms with Gasteiger partial charge in [0, 0.05) is 52.9 Å². The number of ether oxygens (including phenoxy) is 1. The molecule has 0 saturated carbocycles. The highest BCUT2D eigenvalue weighted by Gasteiger charge is 2.27. The number of morpholine rings is 1. The Morgan fingerprint density at radius 2 is 1.93 bits per heavy atom. The molecule has 2 fully saturated rings. The number of anilines is 1. The molecule has 0 aliphatic carbocycles. The van der Waals surface area contributed by atoms with Crippen LogP contribution in [0.2, 0.25) is 0 Å². The molecule has 2 saturated heterocycles. The van der Waals surface area contributed by atoms with Crippen molar-refractivity contribution in [3.8, 4) is 0 Å². The molecule has 156 valence electrons. The molecule has 1 N–H and O–H groups in total. The van der Waals surface area contributed by atoms with Gasteiger partial charge in [-0.2, -0.15) is 0 Å². The van der Waals surface area contributed by atoms with Gasteiger partial charge in [0.05, 0.1) is 19.1 Å². The molecule has 1 aromatic heterocycles. The van der Waals surface area contributed by atoms with Gasteiger partial charge in [0.1, 0.15) is 5.82 Å². The largest absolute Gasteiger partial charge is 0.379 e. The lowest BCUT2D eigenvalue weighted by Gasteiger charge is -2.34. The quantitative estimate of drug-likeness (QED) is 0.633. The number of nitrogens with one attached hydrogen (secondary N) is 1. The van der Waals surface area contributed by atoms with E-state index in [9.17, 15) is 14.4 Å². The highest BCUT2D eigenvalue weighted by atomic mass is 16.5. The third-order valence-corrected chi connectivity index (χ3v) is 5.67. The van der Waals surface area contributed by atoms with E-state index in [-0.39, 0.29) is 23.1 Å². The Kier molecular flexibility index (Phi) is 6.90. The summed E-state index contributed by atoms with van der Waals surface area (Å²) in [6.45, 7) is 6.39. The van der Waals surface area contributed by atoms with Gasteiger partial charge in [0.25, 0.3) is 5.56 Å². The highest BCUT2D eigenvalue weighted by molar-refractivity contribution is 5.79. The first-order valence-corrected chi connectivity index (χ1v) is 10.1. The van der Waals surface area contributed by atoms with Crippen molar-refractivity contribution >= 4 is 11.7 Å². The average Bonchev–Trinajstić information content (AvgIpc) is 2.73. The molecule has 2 aliphatic rings. The maximum atomic E-state index is 12.6. The Labute approximate surface area is 164 Å². The van der Waals surface area contributed by atoms with Gasteiger partial charge >= 0.3 is 5.69 Å². The summed E-state index contributed by atoms with van der Waals surface area (Å²) in [5.74, 6) is 0.509. The van der Waals surface area contributed by atoms with Gasteiger partial charge in [-0.25, -0.2) is 4.79 Å². The van der Waals surface area contributed by atoms with E-state index in [0.29, 0.717) is 18.9 Å². The van der Waals surface area contributed by atoms with E-state index in [1.807, 2.05) is 4.90 Å². The second-order valence-electron chi connectivity index (χ2n) is 7.63. The van der Waals surface area contributed by atoms with Gasteiger partial charge in [0.2, 0.25) is 5.91 Å². The van der Waals surface area contributed by atoms with Crippen molar-refractivity contribution in [2.45, 2.75) is 19.3 Å². The fourth-order valence-corrected chi connectivity index (χ4v) is 3.91. The second-order valence-corrected chi connectivity index (χ2v) is 7.63. The van der Waals surface area contributed by atoms with Crippen LogP contribution in [0, 0.1) is 5.92 Å². The summed E-state index contributed by atoms with van der Waals surface area (Å²) in [6, 6.07) is 1.48. The van der Waals surface area contributed by atoms with Crippen molar-refractivity contribution < 1.29 is 9.53 Å². The number of rotatable bonds is 6. The summed E-state index contributed by atoms with van der Waals surface area (Å²) in [4.78, 5) is 41.1. The van der Waals surface area contributed by atoms with Crippen LogP contribution in [0.15, 0.2) is 15.7 Å². The zero-order valence-electron chi connectivity index (χ0n) is 16.9. The summed E-state index contributed by atoms with van der Waals surface area (Å²) in [5, 5.41) is 3.05. The summed E-state index contributed by atoms with van der Waals surface area (Å²) in [5.41, 5.74) is -0.676. The van der Waals surface area contributed by atoms with Crippen LogP contribution in [0.25, 0.3) is 0 Å². The fourth-order valence-electron chi connectivity index (χ4n) is 3.91. The van der Waals surface area contributed by atoms with Gasteiger partial charge in [-0.1, -0.05) is 0 Å². The average molecular weight is 393 g/mol. The number of carbonyl (C=O) groups excluding carboxylic acids is 1. The molecule has 1 aromatic rings. The Balaban J connectivity index is 1.52. The van der Waals surface area contributed by atoms with Crippen LogP contribution in [0.3, 0.4) is 0 Å². The lowest BCUT2D eigenvalue weighted by Crippen LogP contribution is -2.47. The maximum Gasteiger partial charge on any atom is 0.332 e. The topological polar surface area (TPSA) is 88.8 Å². The first-order valence-electron chi connectivity index (χ1n) is 10.1. The zero-order valence-corrected chi connectivity index (χ0v) is 16.9. The summed E-state index contributed by atoms with van der Waals surface area (Å²) >= 11 is 0. The first-order chi connectivity index (χ1) is 13.5. The highest BCUT2D eigenvalue weighted by Crippen LogP contribution is 2.21. The SMILES string of the molecule is Cn1c(N2CCCC(C(=O)NCCCN3CCOCC3)C2)cc(=O)n(C)c1=O. The van der Waals surface area contributed by atoms with Gasteiger partial charge in [-0.15, -0.1) is 0 Å². The van der Waals surface area contributed by atoms with E-state index in [1.165, 1.54) is 17.7 Å². The van der Waals surface area contributed by atoms with Crippen molar-refractivity contribution in [1.29, 1.82) is 0 Å². The predicted octanol–water partition coefficient (Wildman–Crippen LogP) is -0.861. The Hall–Kier alpha value is -2.13. The zero-order chi connectivity index (χ0) is 20.1. The van der Waals surface area contributed by atoms with Crippen molar-refractivity contribution in [2.75, 3.05) is 57.4 Å². The lowest BCUT2D eigenvalue weighted by molar-refractivity contribution is -0.125. The number of piperidine rings is 1. The van der Waals surface area contributed by atoms with Crippen LogP contribution in [-0.4, -0.2) is 72.4 Å². The van der Waals surface area contributed by atoms with E-state index >= 15 is 0 Å². The van der Waals surface area contributed by atoms with Crippen molar-refractivity contribution in [2.24, 2.45) is 20.0 Å². The van der Waals surface area contributed by atoms with Gasteiger partial charge in [-0.3, -0.25) is 23.6 Å². The lowest BCUT2D eigenvalue weighted by atomic mass is 9.97. The van der Waals surface area contributed by atoms with Crippen LogP contribution in [0.4, 0.5) is 5.82 Å². The third-order valence-electron chi connectivity index (χ3n) is 5.67. The number of nitrogens with zero attached hydrogens (tertiary/aromatic N) is 4. The number of amides is 1. The minimum absolute atomic E-state index is 0.0560. The molecule has 1 unspecified atom stereocenters. The summed E-state index contributed by atoms with van der Waals surface area (Å²) < 4.78 is 7.91. The standard InChI is InChI=1S/C19H31N5O4/c1-21-16(13-17(25)22(2)19(21)27)24-8-3-5-15(14-24)18(26)20-6-4-7-23-9-11-28-12-10-23/h13,15H,3-12,14H2,1-2H3,(H,20,26). The van der Waals surface area contributed by atoms with Crippen LogP contribution < -0.4 is 21.5 Å². The smallest absolute Gasteiger partial charge is 0.332 e. The van der Waals surface area contributed by atoms with Crippen LogP contribution in [0.1, 0.15) is 19.3 Å². The Bertz CT molecular complexity index is 796. The maximum absolute atomic E-state index is 12.6. The fraction of sp³-hybridized carbons (Fsp3) is 0.737. The van der Waals surface area contributed by atoms with Gasteiger partial charge in [-0.05, 0) is 25.8 Å². The van der Waals surface area contributed by atoms with Gasteiger partial charge in [0.15, 0.2) is 0 Å². The van der Waals surface area contributed by atoms with Crippen molar-refractivity contribution in [3.63, 3.8) is 0 Å². The molecule has 0 aromatic carbocycles. The van der Waals surface area contributed by atoms with Crippen molar-refractivity contribution in [1.82, 2.24) is 19.4 Å². The van der Waals surface area contributed by atoms with E-state index in [0.717, 1.165) is 63.2 Å². The molecule has 3 rings (SSSR count). The van der Waals surface area contributed by atoms with Crippen LogP contribution >= 0.6 is 0 Å². The van der Waals surface area contributed by atoms with Crippen molar-refractivity contribution in [3.05, 3.63) is 26.9 Å². The minimum atomic E-state index is -0.350. The van der Waals surface area contributed by atoms with E-state index in [4.69, 9.17) is 4.74 Å². The molecular weight excluding hydrogens is 362 g/mol. The van der Waals surface area contributed by atoms with Gasteiger partial charge < -0.3 is 15.0 Å². The van der Waals surface area contributed by atoms with E-state index < -0.39 is 0 Å². The summed E-state index contributed by atoms with van der Waals surface area (Å²) in [7, 11) is 3.13. The molecule has 3 heterocycles. The normalized spacial score (nSPS) is 20.9. The second kappa shape index (κ2) is 9.38. The Morgan fingerprint density at radius 1 is 1.18 bits per heavy atom. The molecule has 1 amide bonds. The number of carbonyl (C=O) groups is 1. The molecule has 1 atom stereocenters. The number of hydrogen-bond donors (Lipinski definition) is 1. The summed E-state index contributed by atoms with van der Waals surface area (Å²) in [6.07, 6.45) is 2.60. The molecule has 0 radical (unpaired) electrons.